The van der Waals surface area contributed by atoms with Crippen LogP contribution >= 0.6 is 0 Å². The average Bonchev–Trinajstić information content (AvgIpc) is 2.35. The fraction of sp³-hybridized carbons (Fsp3) is 0.438. The first-order chi connectivity index (χ1) is 9.37. The number of para-hydroxylation sites is 1. The highest BCUT2D eigenvalue weighted by Gasteiger charge is 2.26. The highest BCUT2D eigenvalue weighted by molar-refractivity contribution is 6.13. The molecule has 1 aliphatic heterocycles. The molecule has 0 aliphatic carbocycles. The minimum absolute atomic E-state index is 0.314. The van der Waals surface area contributed by atoms with Crippen LogP contribution in [0.5, 0.6) is 0 Å². The molecule has 0 bridgehead atoms. The van der Waals surface area contributed by atoms with Gasteiger partial charge in [-0.25, -0.2) is 0 Å². The Hall–Kier alpha value is -1.84. The van der Waals surface area contributed by atoms with Gasteiger partial charge in [-0.15, -0.1) is 0 Å². The molecule has 0 aromatic heterocycles. The predicted octanol–water partition coefficient (Wildman–Crippen LogP) is 2.51. The average molecular weight is 274 g/mol. The molecular formula is C16H20NO3. The molecule has 0 unspecified atom stereocenters. The van der Waals surface area contributed by atoms with Gasteiger partial charge in [0, 0.05) is 12.2 Å². The van der Waals surface area contributed by atoms with E-state index in [2.05, 4.69) is 0 Å². The molecule has 20 heavy (non-hydrogen) atoms. The van der Waals surface area contributed by atoms with Crippen molar-refractivity contribution in [1.29, 1.82) is 0 Å². The van der Waals surface area contributed by atoms with Gasteiger partial charge in [0.05, 0.1) is 0 Å². The van der Waals surface area contributed by atoms with Crippen molar-refractivity contribution in [2.75, 3.05) is 11.4 Å². The lowest BCUT2D eigenvalue weighted by Crippen LogP contribution is -2.38. The van der Waals surface area contributed by atoms with Gasteiger partial charge in [0.2, 0.25) is 5.91 Å². The molecule has 2 rings (SSSR count). The maximum absolute atomic E-state index is 12.2. The number of amides is 1. The van der Waals surface area contributed by atoms with Gasteiger partial charge in [-0.05, 0) is 45.2 Å². The van der Waals surface area contributed by atoms with Crippen LogP contribution in [0, 0.1) is 6.42 Å². The van der Waals surface area contributed by atoms with Crippen molar-refractivity contribution >= 4 is 17.6 Å². The molecule has 0 N–H and O–H groups in total. The van der Waals surface area contributed by atoms with Crippen LogP contribution in [0.15, 0.2) is 24.3 Å². The van der Waals surface area contributed by atoms with Gasteiger partial charge < -0.3 is 9.64 Å². The molecule has 0 saturated carbocycles. The molecule has 1 aromatic rings. The Labute approximate surface area is 119 Å². The van der Waals surface area contributed by atoms with Gasteiger partial charge in [0.1, 0.15) is 5.60 Å². The first-order valence-corrected chi connectivity index (χ1v) is 6.84. The third-order valence-corrected chi connectivity index (χ3v) is 3.02. The summed E-state index contributed by atoms with van der Waals surface area (Å²) in [6.45, 7) is 5.97. The van der Waals surface area contributed by atoms with Crippen molar-refractivity contribution in [1.82, 2.24) is 0 Å². The van der Waals surface area contributed by atoms with E-state index in [0.29, 0.717) is 6.54 Å². The van der Waals surface area contributed by atoms with Crippen LogP contribution in [-0.2, 0) is 20.7 Å². The summed E-state index contributed by atoms with van der Waals surface area (Å²) in [6, 6.07) is 7.79. The smallest absolute Gasteiger partial charge is 0.320 e. The zero-order valence-corrected chi connectivity index (χ0v) is 12.2. The minimum atomic E-state index is -0.592. The topological polar surface area (TPSA) is 46.6 Å². The van der Waals surface area contributed by atoms with Crippen molar-refractivity contribution in [3.8, 4) is 0 Å². The van der Waals surface area contributed by atoms with E-state index in [4.69, 9.17) is 4.74 Å². The van der Waals surface area contributed by atoms with Gasteiger partial charge in [0.25, 0.3) is 0 Å². The Morgan fingerprint density at radius 3 is 2.65 bits per heavy atom. The second kappa shape index (κ2) is 5.65. The van der Waals surface area contributed by atoms with Crippen molar-refractivity contribution in [2.45, 2.75) is 39.2 Å². The summed E-state index contributed by atoms with van der Waals surface area (Å²) in [7, 11) is 0. The number of aryl methyl sites for hydroxylation is 1. The predicted molar refractivity (Wildman–Crippen MR) is 77.3 cm³/mol. The number of nitrogens with zero attached hydrogens (tertiary/aromatic N) is 1. The number of hydrogen-bond acceptors (Lipinski definition) is 3. The van der Waals surface area contributed by atoms with E-state index in [-0.39, 0.29) is 5.91 Å². The third kappa shape index (κ3) is 3.59. The van der Waals surface area contributed by atoms with Crippen LogP contribution in [0.3, 0.4) is 0 Å². The number of carbonyl (C=O) groups is 2. The molecule has 1 aliphatic rings. The van der Waals surface area contributed by atoms with E-state index in [0.717, 1.165) is 30.5 Å². The molecule has 107 valence electrons. The maximum atomic E-state index is 12.2. The second-order valence-corrected chi connectivity index (χ2v) is 5.90. The molecule has 0 saturated heterocycles. The summed E-state index contributed by atoms with van der Waals surface area (Å²) in [4.78, 5) is 25.6. The van der Waals surface area contributed by atoms with E-state index < -0.39 is 11.6 Å². The van der Waals surface area contributed by atoms with Gasteiger partial charge in [-0.1, -0.05) is 18.2 Å². The molecule has 0 atom stereocenters. The Bertz CT molecular complexity index is 517. The van der Waals surface area contributed by atoms with Crippen LogP contribution < -0.4 is 4.90 Å². The van der Waals surface area contributed by atoms with E-state index in [9.17, 15) is 9.59 Å². The summed E-state index contributed by atoms with van der Waals surface area (Å²) in [6.07, 6.45) is 2.91. The first kappa shape index (κ1) is 14.6. The monoisotopic (exact) mass is 274 g/mol. The lowest BCUT2D eigenvalue weighted by atomic mass is 10.0. The SMILES string of the molecule is CC(C)(C)OC(=O)[CH]C(=O)N1CCCc2ccccc21. The standard InChI is InChI=1S/C16H20NO3/c1-16(2,3)20-15(19)11-14(18)17-10-6-8-12-7-4-5-9-13(12)17/h4-5,7,9,11H,6,8,10H2,1-3H3. The van der Waals surface area contributed by atoms with E-state index >= 15 is 0 Å². The third-order valence-electron chi connectivity index (χ3n) is 3.02. The highest BCUT2D eigenvalue weighted by Crippen LogP contribution is 2.27. The Balaban J connectivity index is 2.06. The normalized spacial score (nSPS) is 14.7. The largest absolute Gasteiger partial charge is 0.459 e. The summed E-state index contributed by atoms with van der Waals surface area (Å²) in [5, 5.41) is 0. The summed E-state index contributed by atoms with van der Waals surface area (Å²) in [5.41, 5.74) is 1.45. The van der Waals surface area contributed by atoms with Gasteiger partial charge in [-0.2, -0.15) is 0 Å². The van der Waals surface area contributed by atoms with Crippen molar-refractivity contribution in [3.05, 3.63) is 36.2 Å². The second-order valence-electron chi connectivity index (χ2n) is 5.90. The Morgan fingerprint density at radius 2 is 1.95 bits per heavy atom. The van der Waals surface area contributed by atoms with E-state index in [1.807, 2.05) is 24.3 Å². The molecule has 0 spiro atoms. The lowest BCUT2D eigenvalue weighted by Gasteiger charge is -2.29. The lowest BCUT2D eigenvalue weighted by molar-refractivity contribution is -0.151. The molecule has 1 radical (unpaired) electrons. The number of carbonyl (C=O) groups excluding carboxylic acids is 2. The van der Waals surface area contributed by atoms with Crippen molar-refractivity contribution < 1.29 is 14.3 Å². The van der Waals surface area contributed by atoms with Crippen LogP contribution in [0.1, 0.15) is 32.8 Å². The zero-order chi connectivity index (χ0) is 14.8. The summed E-state index contributed by atoms with van der Waals surface area (Å²) in [5.74, 6) is -0.906. The number of hydrogen-bond donors (Lipinski definition) is 0. The number of fused-ring (bicyclic) bond motifs is 1. The molecule has 1 heterocycles. The maximum Gasteiger partial charge on any atom is 0.320 e. The minimum Gasteiger partial charge on any atom is -0.459 e. The van der Waals surface area contributed by atoms with Gasteiger partial charge in [0.15, 0.2) is 6.42 Å². The summed E-state index contributed by atoms with van der Waals surface area (Å²) >= 11 is 0. The number of rotatable bonds is 2. The Kier molecular flexibility index (Phi) is 4.12. The van der Waals surface area contributed by atoms with Crippen LogP contribution in [0.25, 0.3) is 0 Å². The molecule has 1 amide bonds. The molecule has 0 fully saturated rings. The van der Waals surface area contributed by atoms with Gasteiger partial charge in [-0.3, -0.25) is 9.59 Å². The van der Waals surface area contributed by atoms with Crippen molar-refractivity contribution in [2.24, 2.45) is 0 Å². The highest BCUT2D eigenvalue weighted by atomic mass is 16.6. The quantitative estimate of drug-likeness (QED) is 0.615. The van der Waals surface area contributed by atoms with Crippen LogP contribution in [0.4, 0.5) is 5.69 Å². The summed E-state index contributed by atoms with van der Waals surface area (Å²) < 4.78 is 5.15. The Morgan fingerprint density at radius 1 is 1.25 bits per heavy atom. The van der Waals surface area contributed by atoms with Crippen LogP contribution in [0.2, 0.25) is 0 Å². The molecule has 1 aromatic carbocycles. The fourth-order valence-electron chi connectivity index (χ4n) is 2.27. The zero-order valence-electron chi connectivity index (χ0n) is 12.2. The van der Waals surface area contributed by atoms with Gasteiger partial charge >= 0.3 is 5.97 Å². The van der Waals surface area contributed by atoms with Crippen LogP contribution in [-0.4, -0.2) is 24.0 Å². The molecule has 4 heteroatoms. The molecular weight excluding hydrogens is 254 g/mol. The van der Waals surface area contributed by atoms with E-state index in [1.54, 1.807) is 25.7 Å². The first-order valence-electron chi connectivity index (χ1n) is 6.84. The number of anilines is 1. The van der Waals surface area contributed by atoms with Crippen molar-refractivity contribution in [3.63, 3.8) is 0 Å². The molecule has 4 nitrogen and oxygen atoms in total. The van der Waals surface area contributed by atoms with E-state index in [1.165, 1.54) is 0 Å². The number of benzene rings is 1. The number of esters is 1. The fourth-order valence-corrected chi connectivity index (χ4v) is 2.27. The number of ether oxygens (including phenoxy) is 1.